The van der Waals surface area contributed by atoms with E-state index in [4.69, 9.17) is 17.3 Å². The molecule has 0 unspecified atom stereocenters. The van der Waals surface area contributed by atoms with E-state index in [0.29, 0.717) is 35.5 Å². The quantitative estimate of drug-likeness (QED) is 0.559. The van der Waals surface area contributed by atoms with Gasteiger partial charge < -0.3 is 5.73 Å². The van der Waals surface area contributed by atoms with Gasteiger partial charge in [-0.2, -0.15) is 0 Å². The maximum absolute atomic E-state index is 13.2. The number of hydrogen-bond donors (Lipinski definition) is 2. The van der Waals surface area contributed by atoms with Crippen molar-refractivity contribution < 1.29 is 14.0 Å². The van der Waals surface area contributed by atoms with Crippen LogP contribution in [0.25, 0.3) is 11.6 Å². The minimum absolute atomic E-state index is 0.220. The Morgan fingerprint density at radius 3 is 2.30 bits per heavy atom. The van der Waals surface area contributed by atoms with E-state index in [1.165, 1.54) is 24.3 Å². The molecule has 0 aliphatic carbocycles. The molecule has 0 aliphatic heterocycles. The maximum atomic E-state index is 13.2. The molecule has 0 aromatic heterocycles. The lowest BCUT2D eigenvalue weighted by molar-refractivity contribution is -0.125. The van der Waals surface area contributed by atoms with Crippen LogP contribution < -0.4 is 11.1 Å². The van der Waals surface area contributed by atoms with Gasteiger partial charge in [0, 0.05) is 16.2 Å². The third kappa shape index (κ3) is 6.16. The van der Waals surface area contributed by atoms with Gasteiger partial charge in [-0.15, -0.1) is 0 Å². The molecule has 0 saturated carbocycles. The predicted molar refractivity (Wildman–Crippen MR) is 106 cm³/mol. The Balaban J connectivity index is 2.30. The summed E-state index contributed by atoms with van der Waals surface area (Å²) in [6.07, 6.45) is 2.61. The normalized spacial score (nSPS) is 11.1. The molecule has 140 valence electrons. The summed E-state index contributed by atoms with van der Waals surface area (Å²) in [4.78, 5) is 24.9. The van der Waals surface area contributed by atoms with Crippen molar-refractivity contribution in [1.82, 2.24) is 5.32 Å². The van der Waals surface area contributed by atoms with Gasteiger partial charge in [-0.1, -0.05) is 42.4 Å². The fourth-order valence-electron chi connectivity index (χ4n) is 2.32. The standard InChI is InChI=1S/C21H20ClFN2O2/c1-14(3-2-12-24)20(26)25-21(27)19(16-6-10-18(23)11-7-16)13-15-4-8-17(22)9-5-15/h4-11,13H,1-3,12,24H2,(H,25,26,27)/b19-13+. The van der Waals surface area contributed by atoms with Crippen molar-refractivity contribution in [3.8, 4) is 0 Å². The molecular weight excluding hydrogens is 367 g/mol. The summed E-state index contributed by atoms with van der Waals surface area (Å²) in [7, 11) is 0. The molecule has 0 heterocycles. The topological polar surface area (TPSA) is 72.2 Å². The number of nitrogens with two attached hydrogens (primary N) is 1. The number of imide groups is 1. The van der Waals surface area contributed by atoms with E-state index in [0.717, 1.165) is 0 Å². The Kier molecular flexibility index (Phi) is 7.46. The molecule has 0 saturated heterocycles. The zero-order chi connectivity index (χ0) is 19.8. The third-order valence-electron chi connectivity index (χ3n) is 3.81. The molecule has 0 radical (unpaired) electrons. The first-order valence-corrected chi connectivity index (χ1v) is 8.75. The summed E-state index contributed by atoms with van der Waals surface area (Å²) in [6.45, 7) is 4.11. The Bertz CT molecular complexity index is 859. The molecular formula is C21H20ClFN2O2. The lowest BCUT2D eigenvalue weighted by Crippen LogP contribution is -2.32. The van der Waals surface area contributed by atoms with Gasteiger partial charge in [-0.05, 0) is 60.9 Å². The Morgan fingerprint density at radius 2 is 1.70 bits per heavy atom. The highest BCUT2D eigenvalue weighted by atomic mass is 35.5. The summed E-state index contributed by atoms with van der Waals surface area (Å²) in [5, 5.41) is 2.89. The highest BCUT2D eigenvalue weighted by molar-refractivity contribution is 6.31. The fourth-order valence-corrected chi connectivity index (χ4v) is 2.45. The first-order valence-electron chi connectivity index (χ1n) is 8.37. The van der Waals surface area contributed by atoms with Crippen LogP contribution in [0.15, 0.2) is 60.7 Å². The molecule has 0 atom stereocenters. The van der Waals surface area contributed by atoms with Crippen LogP contribution in [-0.4, -0.2) is 18.4 Å². The van der Waals surface area contributed by atoms with E-state index in [1.54, 1.807) is 30.3 Å². The summed E-state index contributed by atoms with van der Waals surface area (Å²) in [5.41, 5.74) is 7.11. The lowest BCUT2D eigenvalue weighted by atomic mass is 10.0. The van der Waals surface area contributed by atoms with Gasteiger partial charge in [-0.3, -0.25) is 14.9 Å². The largest absolute Gasteiger partial charge is 0.330 e. The summed E-state index contributed by atoms with van der Waals surface area (Å²) >= 11 is 5.89. The lowest BCUT2D eigenvalue weighted by Gasteiger charge is -2.10. The number of nitrogens with one attached hydrogen (secondary N) is 1. The van der Waals surface area contributed by atoms with Crippen LogP contribution in [0, 0.1) is 5.82 Å². The number of halogens is 2. The third-order valence-corrected chi connectivity index (χ3v) is 4.06. The van der Waals surface area contributed by atoms with E-state index < -0.39 is 17.6 Å². The smallest absolute Gasteiger partial charge is 0.258 e. The fraction of sp³-hybridized carbons (Fsp3) is 0.143. The minimum atomic E-state index is -0.601. The molecule has 0 aliphatic rings. The Labute approximate surface area is 162 Å². The molecule has 0 spiro atoms. The molecule has 27 heavy (non-hydrogen) atoms. The van der Waals surface area contributed by atoms with Crippen molar-refractivity contribution in [2.75, 3.05) is 6.54 Å². The minimum Gasteiger partial charge on any atom is -0.330 e. The Hall–Kier alpha value is -2.76. The molecule has 2 rings (SSSR count). The van der Waals surface area contributed by atoms with Crippen LogP contribution in [0.3, 0.4) is 0 Å². The van der Waals surface area contributed by atoms with Gasteiger partial charge >= 0.3 is 0 Å². The zero-order valence-electron chi connectivity index (χ0n) is 14.7. The molecule has 6 heteroatoms. The number of amides is 2. The van der Waals surface area contributed by atoms with Crippen molar-refractivity contribution in [3.63, 3.8) is 0 Å². The van der Waals surface area contributed by atoms with E-state index in [9.17, 15) is 14.0 Å². The van der Waals surface area contributed by atoms with E-state index in [1.807, 2.05) is 0 Å². The van der Waals surface area contributed by atoms with E-state index in [2.05, 4.69) is 11.9 Å². The highest BCUT2D eigenvalue weighted by Gasteiger charge is 2.17. The van der Waals surface area contributed by atoms with Crippen molar-refractivity contribution in [1.29, 1.82) is 0 Å². The molecule has 4 nitrogen and oxygen atoms in total. The number of hydrogen-bond acceptors (Lipinski definition) is 3. The second kappa shape index (κ2) is 9.80. The SMILES string of the molecule is C=C(CCCN)C(=O)NC(=O)/C(=C/c1ccc(Cl)cc1)c1ccc(F)cc1. The summed E-state index contributed by atoms with van der Waals surface area (Å²) in [6, 6.07) is 12.3. The van der Waals surface area contributed by atoms with Crippen LogP contribution in [-0.2, 0) is 9.59 Å². The van der Waals surface area contributed by atoms with Gasteiger partial charge in [0.25, 0.3) is 11.8 Å². The molecule has 2 aromatic rings. The first kappa shape index (κ1) is 20.6. The Morgan fingerprint density at radius 1 is 1.07 bits per heavy atom. The first-order chi connectivity index (χ1) is 12.9. The zero-order valence-corrected chi connectivity index (χ0v) is 15.4. The second-order valence-electron chi connectivity index (χ2n) is 5.90. The van der Waals surface area contributed by atoms with Crippen molar-refractivity contribution in [2.24, 2.45) is 5.73 Å². The van der Waals surface area contributed by atoms with Gasteiger partial charge in [0.05, 0.1) is 0 Å². The highest BCUT2D eigenvalue weighted by Crippen LogP contribution is 2.21. The van der Waals surface area contributed by atoms with Crippen LogP contribution in [0.1, 0.15) is 24.0 Å². The van der Waals surface area contributed by atoms with Crippen LogP contribution in [0.5, 0.6) is 0 Å². The van der Waals surface area contributed by atoms with Crippen molar-refractivity contribution in [3.05, 3.63) is 82.6 Å². The maximum Gasteiger partial charge on any atom is 0.258 e. The second-order valence-corrected chi connectivity index (χ2v) is 6.33. The van der Waals surface area contributed by atoms with Crippen molar-refractivity contribution in [2.45, 2.75) is 12.8 Å². The summed E-state index contributed by atoms with van der Waals surface area (Å²) in [5.74, 6) is -1.58. The molecule has 2 amide bonds. The molecule has 0 bridgehead atoms. The van der Waals surface area contributed by atoms with Gasteiger partial charge in [0.2, 0.25) is 0 Å². The number of benzene rings is 2. The number of carbonyl (C=O) groups excluding carboxylic acids is 2. The van der Waals surface area contributed by atoms with Crippen molar-refractivity contribution >= 4 is 35.1 Å². The van der Waals surface area contributed by atoms with Crippen LogP contribution in [0.2, 0.25) is 5.02 Å². The number of rotatable bonds is 7. The monoisotopic (exact) mass is 386 g/mol. The van der Waals surface area contributed by atoms with E-state index in [-0.39, 0.29) is 11.1 Å². The van der Waals surface area contributed by atoms with E-state index >= 15 is 0 Å². The average Bonchev–Trinajstić information content (AvgIpc) is 2.66. The van der Waals surface area contributed by atoms with Crippen LogP contribution in [0.4, 0.5) is 4.39 Å². The summed E-state index contributed by atoms with van der Waals surface area (Å²) < 4.78 is 13.2. The van der Waals surface area contributed by atoms with Gasteiger partial charge in [0.15, 0.2) is 0 Å². The molecule has 2 aromatic carbocycles. The molecule has 3 N–H and O–H groups in total. The molecule has 0 fully saturated rings. The average molecular weight is 387 g/mol. The van der Waals surface area contributed by atoms with Crippen LogP contribution >= 0.6 is 11.6 Å². The number of carbonyl (C=O) groups is 2. The predicted octanol–water partition coefficient (Wildman–Crippen LogP) is 3.96. The van der Waals surface area contributed by atoms with Gasteiger partial charge in [0.1, 0.15) is 5.82 Å². The van der Waals surface area contributed by atoms with Gasteiger partial charge in [-0.25, -0.2) is 4.39 Å².